The Morgan fingerprint density at radius 1 is 1.29 bits per heavy atom. The summed E-state index contributed by atoms with van der Waals surface area (Å²) in [5.74, 6) is 1.39. The van der Waals surface area contributed by atoms with Crippen LogP contribution in [0.25, 0.3) is 11.4 Å². The second-order valence-corrected chi connectivity index (χ2v) is 5.95. The van der Waals surface area contributed by atoms with E-state index in [2.05, 4.69) is 39.1 Å². The van der Waals surface area contributed by atoms with E-state index in [9.17, 15) is 0 Å². The van der Waals surface area contributed by atoms with Crippen LogP contribution in [0.15, 0.2) is 16.6 Å². The van der Waals surface area contributed by atoms with Crippen molar-refractivity contribution >= 4 is 47.2 Å². The van der Waals surface area contributed by atoms with E-state index in [1.54, 1.807) is 0 Å². The fourth-order valence-electron chi connectivity index (χ4n) is 2.01. The molecule has 0 atom stereocenters. The molecule has 0 aromatic carbocycles. The molecule has 2 heterocycles. The van der Waals surface area contributed by atoms with E-state index in [0.717, 1.165) is 41.7 Å². The van der Waals surface area contributed by atoms with Crippen molar-refractivity contribution in [1.29, 1.82) is 0 Å². The second-order valence-electron chi connectivity index (χ2n) is 5.09. The number of rotatable bonds is 8. The number of H-pyrrole nitrogens is 1. The van der Waals surface area contributed by atoms with E-state index in [-0.39, 0.29) is 24.8 Å². The normalized spacial score (nSPS) is 10.8. The Morgan fingerprint density at radius 3 is 2.75 bits per heavy atom. The summed E-state index contributed by atoms with van der Waals surface area (Å²) in [6, 6.07) is 0. The fourth-order valence-corrected chi connectivity index (χ4v) is 2.73. The summed E-state index contributed by atoms with van der Waals surface area (Å²) in [7, 11) is 0. The number of unbranched alkanes of at least 4 members (excludes halogenated alkanes) is 3. The molecule has 0 fully saturated rings. The predicted octanol–water partition coefficient (Wildman–Crippen LogP) is 4.25. The number of aryl methyl sites for hydroxylation is 1. The van der Waals surface area contributed by atoms with Crippen molar-refractivity contribution in [1.82, 2.24) is 15.0 Å². The highest BCUT2D eigenvalue weighted by molar-refractivity contribution is 7.14. The first-order chi connectivity index (χ1) is 10.7. The van der Waals surface area contributed by atoms with Gasteiger partial charge in [-0.15, -0.1) is 36.2 Å². The van der Waals surface area contributed by atoms with Crippen molar-refractivity contribution in [2.75, 3.05) is 11.9 Å². The number of aliphatic imine (C=N–C) groups is 1. The lowest BCUT2D eigenvalue weighted by atomic mass is 10.2. The molecule has 0 unspecified atom stereocenters. The molecule has 0 aliphatic heterocycles. The van der Waals surface area contributed by atoms with Crippen LogP contribution < -0.4 is 11.1 Å². The van der Waals surface area contributed by atoms with E-state index in [1.807, 2.05) is 11.6 Å². The zero-order valence-corrected chi connectivity index (χ0v) is 16.5. The highest BCUT2D eigenvalue weighted by atomic mass is 35.5. The molecule has 24 heavy (non-hydrogen) atoms. The Bertz CT molecular complexity index is 611. The van der Waals surface area contributed by atoms with Gasteiger partial charge in [-0.3, -0.25) is 4.99 Å². The van der Waals surface area contributed by atoms with Crippen LogP contribution in [-0.4, -0.2) is 27.5 Å². The Labute approximate surface area is 159 Å². The molecule has 4 N–H and O–H groups in total. The largest absolute Gasteiger partial charge is 0.370 e. The van der Waals surface area contributed by atoms with Crippen LogP contribution in [0, 0.1) is 0 Å². The number of guanidine groups is 1. The first-order valence-electron chi connectivity index (χ1n) is 7.79. The number of nitrogens with two attached hydrogens (primary N) is 1. The van der Waals surface area contributed by atoms with Gasteiger partial charge in [0.1, 0.15) is 11.5 Å². The lowest BCUT2D eigenvalue weighted by molar-refractivity contribution is 0.675. The molecule has 0 aliphatic carbocycles. The van der Waals surface area contributed by atoms with Gasteiger partial charge in [-0.25, -0.2) is 9.97 Å². The number of nitrogens with one attached hydrogen (secondary N) is 2. The first kappa shape index (κ1) is 22.7. The SMILES string of the molecule is CCCCCCN=C(N)Nc1nc(-c2cnc(CC)[nH]2)cs1.Cl.Cl. The number of aromatic nitrogens is 3. The highest BCUT2D eigenvalue weighted by Crippen LogP contribution is 2.23. The molecule has 0 aliphatic rings. The van der Waals surface area contributed by atoms with Crippen LogP contribution in [0.5, 0.6) is 0 Å². The van der Waals surface area contributed by atoms with Crippen molar-refractivity contribution in [3.8, 4) is 11.4 Å². The van der Waals surface area contributed by atoms with Crippen molar-refractivity contribution < 1.29 is 0 Å². The third-order valence-corrected chi connectivity index (χ3v) is 4.03. The van der Waals surface area contributed by atoms with Gasteiger partial charge in [-0.1, -0.05) is 33.1 Å². The van der Waals surface area contributed by atoms with Crippen LogP contribution in [0.1, 0.15) is 45.4 Å². The third kappa shape index (κ3) is 7.07. The van der Waals surface area contributed by atoms with Crippen LogP contribution >= 0.6 is 36.2 Å². The lowest BCUT2D eigenvalue weighted by Gasteiger charge is -2.01. The minimum atomic E-state index is 0. The van der Waals surface area contributed by atoms with Crippen LogP contribution in [-0.2, 0) is 6.42 Å². The molecule has 0 saturated carbocycles. The summed E-state index contributed by atoms with van der Waals surface area (Å²) in [6.45, 7) is 5.02. The maximum Gasteiger partial charge on any atom is 0.194 e. The number of thiazole rings is 1. The maximum absolute atomic E-state index is 5.88. The van der Waals surface area contributed by atoms with Crippen molar-refractivity contribution in [3.05, 3.63) is 17.4 Å². The predicted molar refractivity (Wildman–Crippen MR) is 108 cm³/mol. The summed E-state index contributed by atoms with van der Waals surface area (Å²) < 4.78 is 0. The summed E-state index contributed by atoms with van der Waals surface area (Å²) in [6.07, 6.45) is 7.45. The van der Waals surface area contributed by atoms with Crippen molar-refractivity contribution in [2.24, 2.45) is 10.7 Å². The van der Waals surface area contributed by atoms with Gasteiger partial charge in [0.15, 0.2) is 11.1 Å². The summed E-state index contributed by atoms with van der Waals surface area (Å²) in [4.78, 5) is 16.4. The van der Waals surface area contributed by atoms with Crippen molar-refractivity contribution in [2.45, 2.75) is 46.0 Å². The molecule has 2 aromatic heterocycles. The monoisotopic (exact) mass is 392 g/mol. The molecule has 0 spiro atoms. The molecular formula is C15H26Cl2N6S. The van der Waals surface area contributed by atoms with Gasteiger partial charge in [-0.2, -0.15) is 0 Å². The highest BCUT2D eigenvalue weighted by Gasteiger charge is 2.07. The average molecular weight is 393 g/mol. The standard InChI is InChI=1S/C15H24N6S.2ClH/c1-3-5-6-7-8-17-14(16)21-15-20-12(10-22-15)11-9-18-13(4-2)19-11;;/h9-10H,3-8H2,1-2H3,(H,18,19)(H3,16,17,20,21);2*1H. The minimum Gasteiger partial charge on any atom is -0.370 e. The van der Waals surface area contributed by atoms with Crippen molar-refractivity contribution in [3.63, 3.8) is 0 Å². The Kier molecular flexibility index (Phi) is 11.4. The molecule has 6 nitrogen and oxygen atoms in total. The Hall–Kier alpha value is -1.31. The second kappa shape index (κ2) is 12.1. The van der Waals surface area contributed by atoms with Gasteiger partial charge in [0.05, 0.1) is 11.9 Å². The molecular weight excluding hydrogens is 367 g/mol. The zero-order valence-electron chi connectivity index (χ0n) is 14.0. The first-order valence-corrected chi connectivity index (χ1v) is 8.67. The number of halogens is 2. The number of imidazole rings is 1. The molecule has 0 radical (unpaired) electrons. The molecule has 0 saturated heterocycles. The van der Waals surface area contributed by atoms with Gasteiger partial charge in [-0.05, 0) is 6.42 Å². The Morgan fingerprint density at radius 2 is 2.08 bits per heavy atom. The number of nitrogens with zero attached hydrogens (tertiary/aromatic N) is 3. The fraction of sp³-hybridized carbons (Fsp3) is 0.533. The molecule has 9 heteroatoms. The van der Waals surface area contributed by atoms with Gasteiger partial charge in [0.25, 0.3) is 0 Å². The van der Waals surface area contributed by atoms with E-state index < -0.39 is 0 Å². The molecule has 2 aromatic rings. The molecule has 0 amide bonds. The quantitative estimate of drug-likeness (QED) is 0.355. The number of hydrogen-bond donors (Lipinski definition) is 3. The zero-order chi connectivity index (χ0) is 15.8. The molecule has 0 bridgehead atoms. The summed E-state index contributed by atoms with van der Waals surface area (Å²) in [5, 5.41) is 5.77. The van der Waals surface area contributed by atoms with Gasteiger partial charge >= 0.3 is 0 Å². The third-order valence-electron chi connectivity index (χ3n) is 3.27. The van der Waals surface area contributed by atoms with E-state index in [0.29, 0.717) is 5.96 Å². The smallest absolute Gasteiger partial charge is 0.194 e. The minimum absolute atomic E-state index is 0. The summed E-state index contributed by atoms with van der Waals surface area (Å²) >= 11 is 1.51. The Balaban J connectivity index is 0.00000264. The van der Waals surface area contributed by atoms with E-state index >= 15 is 0 Å². The van der Waals surface area contributed by atoms with Gasteiger partial charge in [0, 0.05) is 18.3 Å². The van der Waals surface area contributed by atoms with E-state index in [1.165, 1.54) is 30.6 Å². The maximum atomic E-state index is 5.88. The number of anilines is 1. The molecule has 136 valence electrons. The average Bonchev–Trinajstić information content (AvgIpc) is 3.15. The topological polar surface area (TPSA) is 92.0 Å². The van der Waals surface area contributed by atoms with Crippen LogP contribution in [0.4, 0.5) is 5.13 Å². The van der Waals surface area contributed by atoms with Gasteiger partial charge in [0.2, 0.25) is 0 Å². The molecule has 2 rings (SSSR count). The van der Waals surface area contributed by atoms with Crippen LogP contribution in [0.2, 0.25) is 0 Å². The van der Waals surface area contributed by atoms with Crippen LogP contribution in [0.3, 0.4) is 0 Å². The van der Waals surface area contributed by atoms with Gasteiger partial charge < -0.3 is 16.0 Å². The summed E-state index contributed by atoms with van der Waals surface area (Å²) in [5.41, 5.74) is 7.68. The number of aromatic amines is 1. The van der Waals surface area contributed by atoms with E-state index in [4.69, 9.17) is 5.73 Å². The lowest BCUT2D eigenvalue weighted by Crippen LogP contribution is -2.22. The number of hydrogen-bond acceptors (Lipinski definition) is 4.